The zero-order valence-electron chi connectivity index (χ0n) is 7.60. The molecule has 1 N–H and O–H groups in total. The number of ether oxygens (including phenoxy) is 1. The van der Waals surface area contributed by atoms with Crippen LogP contribution in [0.1, 0.15) is 25.7 Å². The fourth-order valence-corrected chi connectivity index (χ4v) is 1.99. The molecule has 0 spiro atoms. The SMILES string of the molecule is CNC(COC)C1CCCC1. The first-order chi connectivity index (χ1) is 5.38. The highest BCUT2D eigenvalue weighted by molar-refractivity contribution is 4.79. The Kier molecular flexibility index (Phi) is 3.87. The fraction of sp³-hybridized carbons (Fsp3) is 1.00. The van der Waals surface area contributed by atoms with E-state index < -0.39 is 0 Å². The van der Waals surface area contributed by atoms with Crippen LogP contribution in [0.4, 0.5) is 0 Å². The number of nitrogens with one attached hydrogen (secondary N) is 1. The van der Waals surface area contributed by atoms with Crippen molar-refractivity contribution >= 4 is 0 Å². The standard InChI is InChI=1S/C9H19NO/c1-10-9(7-11-2)8-5-3-4-6-8/h8-10H,3-7H2,1-2H3. The van der Waals surface area contributed by atoms with Gasteiger partial charge in [0.05, 0.1) is 6.61 Å². The maximum absolute atomic E-state index is 5.14. The van der Waals surface area contributed by atoms with Crippen molar-refractivity contribution in [2.45, 2.75) is 31.7 Å². The topological polar surface area (TPSA) is 21.3 Å². The van der Waals surface area contributed by atoms with Gasteiger partial charge in [0.1, 0.15) is 0 Å². The van der Waals surface area contributed by atoms with Gasteiger partial charge in [0.15, 0.2) is 0 Å². The third-order valence-electron chi connectivity index (χ3n) is 2.69. The first-order valence-corrected chi connectivity index (χ1v) is 4.54. The molecule has 0 saturated heterocycles. The van der Waals surface area contributed by atoms with E-state index in [-0.39, 0.29) is 0 Å². The number of rotatable bonds is 4. The molecule has 0 aromatic heterocycles. The second kappa shape index (κ2) is 4.73. The molecule has 0 heterocycles. The van der Waals surface area contributed by atoms with E-state index in [1.807, 2.05) is 7.05 Å². The van der Waals surface area contributed by atoms with Gasteiger partial charge >= 0.3 is 0 Å². The zero-order chi connectivity index (χ0) is 8.10. The van der Waals surface area contributed by atoms with E-state index >= 15 is 0 Å². The molecule has 0 aliphatic heterocycles. The van der Waals surface area contributed by atoms with Crippen molar-refractivity contribution in [3.63, 3.8) is 0 Å². The summed E-state index contributed by atoms with van der Waals surface area (Å²) >= 11 is 0. The largest absolute Gasteiger partial charge is 0.383 e. The summed E-state index contributed by atoms with van der Waals surface area (Å²) < 4.78 is 5.14. The third-order valence-corrected chi connectivity index (χ3v) is 2.69. The summed E-state index contributed by atoms with van der Waals surface area (Å²) in [5.41, 5.74) is 0. The monoisotopic (exact) mass is 157 g/mol. The van der Waals surface area contributed by atoms with Gasteiger partial charge in [0.25, 0.3) is 0 Å². The molecule has 1 rings (SSSR count). The Labute approximate surface area is 69.3 Å². The van der Waals surface area contributed by atoms with E-state index in [4.69, 9.17) is 4.74 Å². The van der Waals surface area contributed by atoms with Gasteiger partial charge in [-0.1, -0.05) is 12.8 Å². The summed E-state index contributed by atoms with van der Waals surface area (Å²) in [6.07, 6.45) is 5.59. The van der Waals surface area contributed by atoms with Gasteiger partial charge in [-0.05, 0) is 25.8 Å². The van der Waals surface area contributed by atoms with E-state index in [0.29, 0.717) is 6.04 Å². The van der Waals surface area contributed by atoms with Crippen molar-refractivity contribution in [2.75, 3.05) is 20.8 Å². The quantitative estimate of drug-likeness (QED) is 0.666. The molecule has 1 aliphatic rings. The molecule has 0 amide bonds. The zero-order valence-corrected chi connectivity index (χ0v) is 7.60. The highest BCUT2D eigenvalue weighted by Crippen LogP contribution is 2.27. The van der Waals surface area contributed by atoms with Crippen LogP contribution < -0.4 is 5.32 Å². The van der Waals surface area contributed by atoms with Crippen LogP contribution in [0, 0.1) is 5.92 Å². The minimum absolute atomic E-state index is 0.586. The average molecular weight is 157 g/mol. The van der Waals surface area contributed by atoms with E-state index in [9.17, 15) is 0 Å². The lowest BCUT2D eigenvalue weighted by Crippen LogP contribution is -2.36. The van der Waals surface area contributed by atoms with E-state index in [1.165, 1.54) is 25.7 Å². The summed E-state index contributed by atoms with van der Waals surface area (Å²) in [7, 11) is 3.81. The summed E-state index contributed by atoms with van der Waals surface area (Å²) in [5, 5.41) is 3.32. The number of hydrogen-bond donors (Lipinski definition) is 1. The van der Waals surface area contributed by atoms with Crippen LogP contribution in [0.3, 0.4) is 0 Å². The predicted octanol–water partition coefficient (Wildman–Crippen LogP) is 1.41. The van der Waals surface area contributed by atoms with E-state index in [0.717, 1.165) is 12.5 Å². The molecule has 1 aliphatic carbocycles. The highest BCUT2D eigenvalue weighted by atomic mass is 16.5. The molecule has 2 heteroatoms. The van der Waals surface area contributed by atoms with Gasteiger partial charge in [0, 0.05) is 13.2 Å². The molecule has 1 unspecified atom stereocenters. The second-order valence-electron chi connectivity index (χ2n) is 3.40. The molecular weight excluding hydrogens is 138 g/mol. The van der Waals surface area contributed by atoms with Crippen LogP contribution in [-0.4, -0.2) is 26.8 Å². The van der Waals surface area contributed by atoms with Gasteiger partial charge in [-0.15, -0.1) is 0 Å². The second-order valence-corrected chi connectivity index (χ2v) is 3.40. The number of hydrogen-bond acceptors (Lipinski definition) is 2. The van der Waals surface area contributed by atoms with Crippen molar-refractivity contribution in [3.05, 3.63) is 0 Å². The number of likely N-dealkylation sites (N-methyl/N-ethyl adjacent to an activating group) is 1. The Balaban J connectivity index is 2.27. The van der Waals surface area contributed by atoms with Crippen molar-refractivity contribution < 1.29 is 4.74 Å². The minimum Gasteiger partial charge on any atom is -0.383 e. The summed E-state index contributed by atoms with van der Waals surface area (Å²) in [6, 6.07) is 0.586. The fourth-order valence-electron chi connectivity index (χ4n) is 1.99. The van der Waals surface area contributed by atoms with Gasteiger partial charge in [-0.3, -0.25) is 0 Å². The molecule has 11 heavy (non-hydrogen) atoms. The van der Waals surface area contributed by atoms with Crippen LogP contribution in [0.2, 0.25) is 0 Å². The van der Waals surface area contributed by atoms with Crippen LogP contribution in [0.15, 0.2) is 0 Å². The van der Waals surface area contributed by atoms with Crippen molar-refractivity contribution in [3.8, 4) is 0 Å². The molecule has 0 bridgehead atoms. The third kappa shape index (κ3) is 2.46. The first-order valence-electron chi connectivity index (χ1n) is 4.54. The van der Waals surface area contributed by atoms with Gasteiger partial charge in [-0.25, -0.2) is 0 Å². The van der Waals surface area contributed by atoms with E-state index in [1.54, 1.807) is 7.11 Å². The smallest absolute Gasteiger partial charge is 0.0618 e. The molecule has 0 aromatic carbocycles. The van der Waals surface area contributed by atoms with Crippen LogP contribution in [0.25, 0.3) is 0 Å². The molecule has 0 aromatic rings. The Bertz CT molecular complexity index is 99.7. The molecular formula is C9H19NO. The first kappa shape index (κ1) is 9.01. The molecule has 1 atom stereocenters. The summed E-state index contributed by atoms with van der Waals surface area (Å²) in [6.45, 7) is 0.862. The minimum atomic E-state index is 0.586. The van der Waals surface area contributed by atoms with Crippen molar-refractivity contribution in [1.29, 1.82) is 0 Å². The lowest BCUT2D eigenvalue weighted by atomic mass is 9.99. The predicted molar refractivity (Wildman–Crippen MR) is 46.7 cm³/mol. The van der Waals surface area contributed by atoms with Gasteiger partial charge in [-0.2, -0.15) is 0 Å². The Morgan fingerprint density at radius 1 is 1.45 bits per heavy atom. The molecule has 2 nitrogen and oxygen atoms in total. The molecule has 1 saturated carbocycles. The van der Waals surface area contributed by atoms with Gasteiger partial charge in [0.2, 0.25) is 0 Å². The van der Waals surface area contributed by atoms with Crippen LogP contribution in [-0.2, 0) is 4.74 Å². The lowest BCUT2D eigenvalue weighted by molar-refractivity contribution is 0.144. The average Bonchev–Trinajstić information content (AvgIpc) is 2.52. The normalized spacial score (nSPS) is 22.4. The molecule has 0 radical (unpaired) electrons. The Hall–Kier alpha value is -0.0800. The van der Waals surface area contributed by atoms with E-state index in [2.05, 4.69) is 5.32 Å². The highest BCUT2D eigenvalue weighted by Gasteiger charge is 2.23. The molecule has 1 fully saturated rings. The summed E-state index contributed by atoms with van der Waals surface area (Å²) in [5.74, 6) is 0.861. The maximum atomic E-state index is 5.14. The van der Waals surface area contributed by atoms with Crippen LogP contribution in [0.5, 0.6) is 0 Å². The van der Waals surface area contributed by atoms with Crippen LogP contribution >= 0.6 is 0 Å². The van der Waals surface area contributed by atoms with Gasteiger partial charge < -0.3 is 10.1 Å². The molecule has 66 valence electrons. The number of methoxy groups -OCH3 is 1. The lowest BCUT2D eigenvalue weighted by Gasteiger charge is -2.21. The van der Waals surface area contributed by atoms with Crippen molar-refractivity contribution in [1.82, 2.24) is 5.32 Å². The van der Waals surface area contributed by atoms with Crippen molar-refractivity contribution in [2.24, 2.45) is 5.92 Å². The maximum Gasteiger partial charge on any atom is 0.0618 e. The Morgan fingerprint density at radius 2 is 2.09 bits per heavy atom. The summed E-state index contributed by atoms with van der Waals surface area (Å²) in [4.78, 5) is 0. The Morgan fingerprint density at radius 3 is 2.55 bits per heavy atom.